The highest BCUT2D eigenvalue weighted by Crippen LogP contribution is 2.34. The minimum atomic E-state index is -0.858. The molecule has 0 aromatic carbocycles. The zero-order valence-electron chi connectivity index (χ0n) is 13.9. The molecule has 1 aliphatic heterocycles. The molecule has 2 heterocycles. The van der Waals surface area contributed by atoms with Crippen LogP contribution in [0.3, 0.4) is 0 Å². The highest BCUT2D eigenvalue weighted by Gasteiger charge is 2.23. The summed E-state index contributed by atoms with van der Waals surface area (Å²) in [4.78, 5) is 23.2. The molecular weight excluding hydrogens is 336 g/mol. The van der Waals surface area contributed by atoms with Crippen LogP contribution in [0.2, 0.25) is 0 Å². The van der Waals surface area contributed by atoms with E-state index in [2.05, 4.69) is 18.1 Å². The fourth-order valence-corrected chi connectivity index (χ4v) is 3.40. The van der Waals surface area contributed by atoms with Crippen LogP contribution in [0, 0.1) is 10.1 Å². The van der Waals surface area contributed by atoms with E-state index in [0.717, 1.165) is 42.3 Å². The molecule has 1 fully saturated rings. The van der Waals surface area contributed by atoms with Crippen LogP contribution in [0.4, 0.5) is 5.82 Å². The minimum Gasteiger partial charge on any atom is -0.355 e. The molecule has 0 spiro atoms. The Bertz CT molecular complexity index is 767. The lowest BCUT2D eigenvalue weighted by Crippen LogP contribution is -2.31. The van der Waals surface area contributed by atoms with Crippen molar-refractivity contribution < 1.29 is 4.92 Å². The summed E-state index contributed by atoms with van der Waals surface area (Å²) in [6.45, 7) is 9.71. The molecule has 3 rings (SSSR count). The number of nitrogens with zero attached hydrogens (tertiary/aromatic N) is 4. The zero-order chi connectivity index (χ0) is 17.8. The van der Waals surface area contributed by atoms with E-state index in [1.807, 2.05) is 0 Å². The number of hydrogen-bond donors (Lipinski definition) is 0. The van der Waals surface area contributed by atoms with Crippen LogP contribution < -0.4 is 4.90 Å². The topological polar surface area (TPSA) is 72.2 Å². The molecule has 0 N–H and O–H groups in total. The second kappa shape index (κ2) is 7.65. The van der Waals surface area contributed by atoms with E-state index in [0.29, 0.717) is 11.4 Å². The first-order valence-corrected chi connectivity index (χ1v) is 9.12. The summed E-state index contributed by atoms with van der Waals surface area (Å²) in [5, 5.41) is 12.8. The molecule has 1 aromatic heterocycles. The second-order valence-corrected chi connectivity index (χ2v) is 6.98. The molecule has 1 unspecified atom stereocenters. The Morgan fingerprint density at radius 2 is 1.88 bits per heavy atom. The summed E-state index contributed by atoms with van der Waals surface area (Å²) in [5.74, 6) is 0.801. The van der Waals surface area contributed by atoms with Gasteiger partial charge >= 0.3 is 0 Å². The molecule has 1 aromatic rings. The Balaban J connectivity index is 2.07. The van der Waals surface area contributed by atoms with Gasteiger partial charge in [0, 0.05) is 22.9 Å². The third kappa shape index (κ3) is 3.82. The second-order valence-electron chi connectivity index (χ2n) is 5.92. The molecule has 25 heavy (non-hydrogen) atoms. The number of rotatable bonds is 5. The predicted molar refractivity (Wildman–Crippen MR) is 104 cm³/mol. The van der Waals surface area contributed by atoms with Gasteiger partial charge in [-0.2, -0.15) is 0 Å². The Morgan fingerprint density at radius 3 is 2.48 bits per heavy atom. The largest absolute Gasteiger partial charge is 0.355 e. The monoisotopic (exact) mass is 356 g/mol. The molecule has 1 atom stereocenters. The Labute approximate surface area is 151 Å². The molecule has 7 heteroatoms. The Hall–Kier alpha value is -2.41. The summed E-state index contributed by atoms with van der Waals surface area (Å²) >= 11 is 1.41. The average Bonchev–Trinajstić information content (AvgIpc) is 2.83. The van der Waals surface area contributed by atoms with Crippen molar-refractivity contribution in [2.24, 2.45) is 0 Å². The molecule has 130 valence electrons. The molecular formula is C18H20N4O2S. The zero-order valence-corrected chi connectivity index (χ0v) is 14.7. The summed E-state index contributed by atoms with van der Waals surface area (Å²) in [6, 6.07) is -0.858. The lowest BCUT2D eigenvalue weighted by Gasteiger charge is -2.29. The third-order valence-corrected chi connectivity index (χ3v) is 4.87. The molecule has 1 aliphatic carbocycles. The molecule has 0 bridgehead atoms. The van der Waals surface area contributed by atoms with E-state index < -0.39 is 6.04 Å². The first-order chi connectivity index (χ1) is 12.1. The van der Waals surface area contributed by atoms with Crippen LogP contribution in [-0.4, -0.2) is 34.0 Å². The van der Waals surface area contributed by atoms with Crippen molar-refractivity contribution in [1.29, 1.82) is 0 Å². The quantitative estimate of drug-likeness (QED) is 0.586. The van der Waals surface area contributed by atoms with E-state index in [-0.39, 0.29) is 4.92 Å². The molecule has 6 nitrogen and oxygen atoms in total. The number of hydrogen-bond acceptors (Lipinski definition) is 6. The van der Waals surface area contributed by atoms with Crippen molar-refractivity contribution in [2.45, 2.75) is 25.3 Å². The highest BCUT2D eigenvalue weighted by atomic mass is 32.2. The molecule has 2 aliphatic rings. The van der Waals surface area contributed by atoms with E-state index in [4.69, 9.17) is 9.97 Å². The Kier molecular flexibility index (Phi) is 5.33. The van der Waals surface area contributed by atoms with Gasteiger partial charge in [-0.1, -0.05) is 24.9 Å². The standard InChI is InChI=1S/C18H20N4O2S/c1-3-25-13(2)17-18(21-11-5-4-6-12-21)20-16-10-8-14(22(23)24)7-9-15(16)19-17/h3,7-10,14H,1-2,4-6,11-12H2. The number of piperidine rings is 1. The maximum atomic E-state index is 11.1. The first kappa shape index (κ1) is 17.4. The maximum absolute atomic E-state index is 11.1. The molecule has 1 saturated heterocycles. The summed E-state index contributed by atoms with van der Waals surface area (Å²) in [6.07, 6.45) is 9.91. The van der Waals surface area contributed by atoms with Gasteiger partial charge in [0.25, 0.3) is 0 Å². The lowest BCUT2D eigenvalue weighted by atomic mass is 10.1. The van der Waals surface area contributed by atoms with Crippen LogP contribution >= 0.6 is 11.8 Å². The van der Waals surface area contributed by atoms with Gasteiger partial charge in [-0.25, -0.2) is 9.97 Å². The van der Waals surface area contributed by atoms with E-state index >= 15 is 0 Å². The van der Waals surface area contributed by atoms with Crippen molar-refractivity contribution in [3.8, 4) is 0 Å². The van der Waals surface area contributed by atoms with Crippen molar-refractivity contribution in [3.63, 3.8) is 0 Å². The minimum absolute atomic E-state index is 0.335. The van der Waals surface area contributed by atoms with Crippen molar-refractivity contribution in [2.75, 3.05) is 18.0 Å². The summed E-state index contributed by atoms with van der Waals surface area (Å²) in [7, 11) is 0. The van der Waals surface area contributed by atoms with Gasteiger partial charge in [0.15, 0.2) is 5.82 Å². The van der Waals surface area contributed by atoms with Crippen LogP contribution in [0.25, 0.3) is 17.1 Å². The fourth-order valence-electron chi connectivity index (χ4n) is 2.95. The van der Waals surface area contributed by atoms with Gasteiger partial charge < -0.3 is 4.90 Å². The van der Waals surface area contributed by atoms with Gasteiger partial charge in [0.2, 0.25) is 6.04 Å². The van der Waals surface area contributed by atoms with Crippen LogP contribution in [0.1, 0.15) is 36.3 Å². The molecule has 0 radical (unpaired) electrons. The van der Waals surface area contributed by atoms with Crippen molar-refractivity contribution in [3.05, 3.63) is 57.9 Å². The van der Waals surface area contributed by atoms with Crippen molar-refractivity contribution >= 4 is 34.6 Å². The predicted octanol–water partition coefficient (Wildman–Crippen LogP) is 4.00. The van der Waals surface area contributed by atoms with Crippen LogP contribution in [-0.2, 0) is 0 Å². The number of anilines is 1. The number of thioether (sulfide) groups is 1. The normalized spacial score (nSPS) is 19.2. The summed E-state index contributed by atoms with van der Waals surface area (Å²) in [5.41, 5.74) is 2.01. The van der Waals surface area contributed by atoms with E-state index in [1.54, 1.807) is 23.6 Å². The van der Waals surface area contributed by atoms with Crippen LogP contribution in [0.5, 0.6) is 0 Å². The SMILES string of the molecule is C=CSC(=C)c1nc2c(nc1N1CCCCC1)C=CC([N+](=O)[O-])C=C2. The molecule has 0 saturated carbocycles. The number of aromatic nitrogens is 2. The van der Waals surface area contributed by atoms with Gasteiger partial charge in [-0.05, 0) is 49.0 Å². The van der Waals surface area contributed by atoms with Crippen LogP contribution in [0.15, 0.2) is 30.7 Å². The fraction of sp³-hybridized carbons (Fsp3) is 0.333. The Morgan fingerprint density at radius 1 is 1.24 bits per heavy atom. The van der Waals surface area contributed by atoms with E-state index in [1.165, 1.54) is 24.3 Å². The number of fused-ring (bicyclic) bond motifs is 1. The lowest BCUT2D eigenvalue weighted by molar-refractivity contribution is -0.496. The third-order valence-electron chi connectivity index (χ3n) is 4.22. The van der Waals surface area contributed by atoms with Gasteiger partial charge in [-0.15, -0.1) is 0 Å². The van der Waals surface area contributed by atoms with Gasteiger partial charge in [0.05, 0.1) is 11.4 Å². The average molecular weight is 356 g/mol. The first-order valence-electron chi connectivity index (χ1n) is 8.24. The van der Waals surface area contributed by atoms with E-state index in [9.17, 15) is 10.1 Å². The van der Waals surface area contributed by atoms with Gasteiger partial charge in [-0.3, -0.25) is 10.1 Å². The smallest absolute Gasteiger partial charge is 0.250 e. The molecule has 0 amide bonds. The summed E-state index contributed by atoms with van der Waals surface area (Å²) < 4.78 is 0. The number of nitro groups is 1. The maximum Gasteiger partial charge on any atom is 0.250 e. The van der Waals surface area contributed by atoms with Crippen molar-refractivity contribution in [1.82, 2.24) is 9.97 Å². The highest BCUT2D eigenvalue weighted by molar-refractivity contribution is 8.10. The van der Waals surface area contributed by atoms with Gasteiger partial charge in [0.1, 0.15) is 5.69 Å².